The van der Waals surface area contributed by atoms with Crippen molar-refractivity contribution >= 4 is 39.0 Å². The number of amides is 1. The summed E-state index contributed by atoms with van der Waals surface area (Å²) in [5.74, 6) is -0.0266. The maximum absolute atomic E-state index is 13.2. The lowest BCUT2D eigenvalue weighted by atomic mass is 10.1. The summed E-state index contributed by atoms with van der Waals surface area (Å²) in [6.45, 7) is 0.107. The van der Waals surface area contributed by atoms with Gasteiger partial charge in [-0.3, -0.25) is 14.5 Å². The Kier molecular flexibility index (Phi) is 6.17. The summed E-state index contributed by atoms with van der Waals surface area (Å²) in [4.78, 5) is 26.3. The van der Waals surface area contributed by atoms with Gasteiger partial charge in [0.25, 0.3) is 5.91 Å². The summed E-state index contributed by atoms with van der Waals surface area (Å²) in [5.41, 5.74) is 1.70. The topological polar surface area (TPSA) is 55.8 Å². The molecule has 0 spiro atoms. The molecule has 3 aromatic carbocycles. The molecule has 1 unspecified atom stereocenters. The highest BCUT2D eigenvalue weighted by molar-refractivity contribution is 7.17. The van der Waals surface area contributed by atoms with E-state index in [9.17, 15) is 22.8 Å². The molecule has 0 N–H and O–H groups in total. The highest BCUT2D eigenvalue weighted by Crippen LogP contribution is 2.39. The number of benzene rings is 3. The first kappa shape index (κ1) is 23.9. The van der Waals surface area contributed by atoms with Crippen molar-refractivity contribution in [3.8, 4) is 5.75 Å². The number of esters is 1. The van der Waals surface area contributed by atoms with Crippen molar-refractivity contribution in [2.24, 2.45) is 0 Å². The molecular formula is C27H20F3NO4S. The van der Waals surface area contributed by atoms with E-state index in [0.29, 0.717) is 17.0 Å². The summed E-state index contributed by atoms with van der Waals surface area (Å²) in [6.07, 6.45) is -4.28. The van der Waals surface area contributed by atoms with Crippen LogP contribution in [0.5, 0.6) is 5.75 Å². The molecule has 184 valence electrons. The number of ether oxygens (including phenoxy) is 2. The third-order valence-electron chi connectivity index (χ3n) is 6.15. The molecule has 5 nitrogen and oxygen atoms in total. The Morgan fingerprint density at radius 3 is 2.53 bits per heavy atom. The van der Waals surface area contributed by atoms with E-state index in [-0.39, 0.29) is 24.9 Å². The summed E-state index contributed by atoms with van der Waals surface area (Å²) in [7, 11) is 1.35. The maximum Gasteiger partial charge on any atom is 0.416 e. The molecule has 1 aliphatic heterocycles. The van der Waals surface area contributed by atoms with Gasteiger partial charge in [0.05, 0.1) is 25.1 Å². The number of rotatable bonds is 6. The molecule has 1 amide bonds. The Morgan fingerprint density at radius 1 is 1.06 bits per heavy atom. The Hall–Kier alpha value is -3.85. The van der Waals surface area contributed by atoms with Gasteiger partial charge < -0.3 is 9.47 Å². The minimum absolute atomic E-state index is 0.107. The monoisotopic (exact) mass is 511 g/mol. The zero-order valence-corrected chi connectivity index (χ0v) is 19.9. The van der Waals surface area contributed by atoms with Crippen molar-refractivity contribution in [2.45, 2.75) is 18.6 Å². The molecule has 5 rings (SSSR count). The Morgan fingerprint density at radius 2 is 1.81 bits per heavy atom. The van der Waals surface area contributed by atoms with Gasteiger partial charge >= 0.3 is 12.1 Å². The second-order valence-corrected chi connectivity index (χ2v) is 9.22. The number of nitrogens with zero attached hydrogens (tertiary/aromatic N) is 1. The van der Waals surface area contributed by atoms with Crippen LogP contribution in [0.2, 0.25) is 0 Å². The van der Waals surface area contributed by atoms with Crippen LogP contribution in [0.4, 0.5) is 18.9 Å². The average molecular weight is 512 g/mol. The highest BCUT2D eigenvalue weighted by atomic mass is 32.1. The van der Waals surface area contributed by atoms with Gasteiger partial charge in [-0.25, -0.2) is 0 Å². The van der Waals surface area contributed by atoms with Crippen molar-refractivity contribution in [2.75, 3.05) is 18.6 Å². The number of hydrogen-bond donors (Lipinski definition) is 0. The highest BCUT2D eigenvalue weighted by Gasteiger charge is 2.38. The van der Waals surface area contributed by atoms with Crippen LogP contribution in [0, 0.1) is 0 Å². The van der Waals surface area contributed by atoms with E-state index in [4.69, 9.17) is 9.47 Å². The molecule has 9 heteroatoms. The Balaban J connectivity index is 1.41. The maximum atomic E-state index is 13.2. The molecule has 36 heavy (non-hydrogen) atoms. The van der Waals surface area contributed by atoms with Crippen molar-refractivity contribution in [3.05, 3.63) is 94.4 Å². The van der Waals surface area contributed by atoms with Gasteiger partial charge in [0, 0.05) is 16.0 Å². The number of halogens is 3. The number of anilines is 1. The molecule has 1 aliphatic rings. The lowest BCUT2D eigenvalue weighted by molar-refractivity contribution is -0.140. The van der Waals surface area contributed by atoms with Crippen LogP contribution in [0.3, 0.4) is 0 Å². The molecule has 0 bridgehead atoms. The minimum Gasteiger partial charge on any atom is -0.491 e. The summed E-state index contributed by atoms with van der Waals surface area (Å²) >= 11 is 1.48. The predicted octanol–water partition coefficient (Wildman–Crippen LogP) is 6.42. The third-order valence-corrected chi connectivity index (χ3v) is 7.15. The van der Waals surface area contributed by atoms with Crippen LogP contribution in [0.15, 0.2) is 72.1 Å². The normalized spacial score (nSPS) is 15.3. The molecule has 1 atom stereocenters. The quantitative estimate of drug-likeness (QED) is 0.281. The fraction of sp³-hybridized carbons (Fsp3) is 0.185. The minimum atomic E-state index is -4.46. The number of methoxy groups -OCH3 is 1. The largest absolute Gasteiger partial charge is 0.491 e. The number of thiophene rings is 1. The number of carbonyl (C=O) groups is 2. The van der Waals surface area contributed by atoms with Crippen molar-refractivity contribution in [1.82, 2.24) is 0 Å². The molecule has 0 radical (unpaired) electrons. The van der Waals surface area contributed by atoms with Crippen molar-refractivity contribution in [3.63, 3.8) is 0 Å². The van der Waals surface area contributed by atoms with E-state index in [2.05, 4.69) is 0 Å². The van der Waals surface area contributed by atoms with E-state index in [1.54, 1.807) is 18.2 Å². The van der Waals surface area contributed by atoms with Gasteiger partial charge in [-0.1, -0.05) is 18.2 Å². The van der Waals surface area contributed by atoms with E-state index in [1.807, 2.05) is 29.6 Å². The van der Waals surface area contributed by atoms with E-state index in [1.165, 1.54) is 35.5 Å². The first-order chi connectivity index (χ1) is 17.3. The van der Waals surface area contributed by atoms with Crippen LogP contribution < -0.4 is 9.64 Å². The zero-order valence-electron chi connectivity index (χ0n) is 19.0. The van der Waals surface area contributed by atoms with E-state index >= 15 is 0 Å². The molecular weight excluding hydrogens is 491 g/mol. The van der Waals surface area contributed by atoms with Gasteiger partial charge in [0.1, 0.15) is 12.4 Å². The van der Waals surface area contributed by atoms with Gasteiger partial charge in [0.15, 0.2) is 0 Å². The molecule has 0 aliphatic carbocycles. The molecule has 0 saturated carbocycles. The summed E-state index contributed by atoms with van der Waals surface area (Å²) in [6, 6.07) is 16.7. The average Bonchev–Trinajstić information content (AvgIpc) is 3.40. The van der Waals surface area contributed by atoms with Crippen LogP contribution in [0.25, 0.3) is 10.1 Å². The van der Waals surface area contributed by atoms with Crippen LogP contribution in [-0.2, 0) is 22.1 Å². The van der Waals surface area contributed by atoms with Gasteiger partial charge in [-0.05, 0) is 70.4 Å². The molecule has 4 aromatic rings. The molecule has 1 aromatic heterocycles. The molecule has 2 heterocycles. The lowest BCUT2D eigenvalue weighted by Crippen LogP contribution is -2.31. The third kappa shape index (κ3) is 4.42. The van der Waals surface area contributed by atoms with E-state index in [0.717, 1.165) is 33.3 Å². The number of alkyl halides is 3. The van der Waals surface area contributed by atoms with Crippen LogP contribution in [0.1, 0.15) is 33.1 Å². The predicted molar refractivity (Wildman–Crippen MR) is 130 cm³/mol. The summed E-state index contributed by atoms with van der Waals surface area (Å²) in [5, 5.41) is 2.84. The smallest absolute Gasteiger partial charge is 0.416 e. The summed E-state index contributed by atoms with van der Waals surface area (Å²) < 4.78 is 50.9. The van der Waals surface area contributed by atoms with E-state index < -0.39 is 17.8 Å². The second kappa shape index (κ2) is 9.31. The zero-order chi connectivity index (χ0) is 25.4. The standard InChI is InChI=1S/C27H20F3NO4S/c1-34-25(32)12-16-15-36-24-13-19(10-11-20(16)24)35-14-23-21-4-2-3-5-22(21)26(33)31(23)18-8-6-17(7-9-18)27(28,29)30/h2-11,13,15,23H,12,14H2,1H3. The number of fused-ring (bicyclic) bond motifs is 2. The molecule has 0 saturated heterocycles. The first-order valence-electron chi connectivity index (χ1n) is 11.1. The SMILES string of the molecule is COC(=O)Cc1csc2cc(OCC3c4ccccc4C(=O)N3c3ccc(C(F)(F)F)cc3)ccc12. The number of hydrogen-bond acceptors (Lipinski definition) is 5. The van der Waals surface area contributed by atoms with Crippen LogP contribution in [-0.4, -0.2) is 25.6 Å². The Labute approximate surface area is 208 Å². The first-order valence-corrected chi connectivity index (χ1v) is 11.9. The van der Waals surface area contributed by atoms with Gasteiger partial charge in [0.2, 0.25) is 0 Å². The van der Waals surface area contributed by atoms with Crippen LogP contribution >= 0.6 is 11.3 Å². The van der Waals surface area contributed by atoms with Crippen molar-refractivity contribution < 1.29 is 32.2 Å². The van der Waals surface area contributed by atoms with Gasteiger partial charge in [-0.15, -0.1) is 11.3 Å². The molecule has 0 fully saturated rings. The second-order valence-electron chi connectivity index (χ2n) is 8.31. The fourth-order valence-corrected chi connectivity index (χ4v) is 5.35. The lowest BCUT2D eigenvalue weighted by Gasteiger charge is -2.26. The Bertz CT molecular complexity index is 1450. The van der Waals surface area contributed by atoms with Gasteiger partial charge in [-0.2, -0.15) is 13.2 Å². The number of carbonyl (C=O) groups excluding carboxylic acids is 2. The fourth-order valence-electron chi connectivity index (χ4n) is 4.36. The van der Waals surface area contributed by atoms with Crippen molar-refractivity contribution in [1.29, 1.82) is 0 Å².